The lowest BCUT2D eigenvalue weighted by Crippen LogP contribution is -2.28. The molecule has 5 nitrogen and oxygen atoms in total. The molecule has 22 heavy (non-hydrogen) atoms. The van der Waals surface area contributed by atoms with Crippen molar-refractivity contribution in [1.82, 2.24) is 9.78 Å². The molecule has 0 aliphatic heterocycles. The Morgan fingerprint density at radius 2 is 1.86 bits per heavy atom. The van der Waals surface area contributed by atoms with Crippen molar-refractivity contribution in [2.75, 3.05) is 17.6 Å². The highest BCUT2D eigenvalue weighted by Gasteiger charge is 2.26. The highest BCUT2D eigenvalue weighted by atomic mass is 32.2. The maximum absolute atomic E-state index is 12.1. The molecule has 2 aromatic rings. The third-order valence-electron chi connectivity index (χ3n) is 3.67. The van der Waals surface area contributed by atoms with Crippen LogP contribution in [-0.2, 0) is 22.5 Å². The first-order chi connectivity index (χ1) is 10.0. The summed E-state index contributed by atoms with van der Waals surface area (Å²) < 4.78 is 27.3. The fourth-order valence-electron chi connectivity index (χ4n) is 2.45. The smallest absolute Gasteiger partial charge is 0.232 e. The van der Waals surface area contributed by atoms with E-state index in [0.717, 1.165) is 16.7 Å². The highest BCUT2D eigenvalue weighted by Crippen LogP contribution is 2.39. The fraction of sp³-hybridized carbons (Fsp3) is 0.438. The van der Waals surface area contributed by atoms with Gasteiger partial charge in [-0.15, -0.1) is 0 Å². The van der Waals surface area contributed by atoms with Gasteiger partial charge in [0.2, 0.25) is 10.0 Å². The Bertz CT molecular complexity index is 786. The first-order valence-electron chi connectivity index (χ1n) is 7.08. The number of benzene rings is 1. The molecule has 0 fully saturated rings. The molecular formula is C16H23N3O2S. The van der Waals surface area contributed by atoms with E-state index in [4.69, 9.17) is 0 Å². The number of nitrogens with zero attached hydrogens (tertiary/aromatic N) is 3. The summed E-state index contributed by atoms with van der Waals surface area (Å²) in [5.41, 5.74) is 3.30. The second-order valence-corrected chi connectivity index (χ2v) is 8.60. The summed E-state index contributed by atoms with van der Waals surface area (Å²) in [4.78, 5) is 0. The van der Waals surface area contributed by atoms with Crippen molar-refractivity contribution in [3.63, 3.8) is 0 Å². The molecule has 1 aromatic carbocycles. The molecule has 0 radical (unpaired) electrons. The quantitative estimate of drug-likeness (QED) is 0.873. The SMILES string of the molecule is CN(c1c(-c2cnn(C)c2)cccc1C(C)(C)C)S(C)(=O)=O. The Balaban J connectivity index is 2.80. The third-order valence-corrected chi connectivity index (χ3v) is 4.85. The van der Waals surface area contributed by atoms with E-state index >= 15 is 0 Å². The molecule has 6 heteroatoms. The monoisotopic (exact) mass is 321 g/mol. The van der Waals surface area contributed by atoms with Gasteiger partial charge in [0.05, 0.1) is 18.1 Å². The summed E-state index contributed by atoms with van der Waals surface area (Å²) in [6.07, 6.45) is 4.86. The average Bonchev–Trinajstić information content (AvgIpc) is 2.81. The van der Waals surface area contributed by atoms with Crippen molar-refractivity contribution in [2.45, 2.75) is 26.2 Å². The van der Waals surface area contributed by atoms with E-state index in [-0.39, 0.29) is 5.41 Å². The molecule has 0 unspecified atom stereocenters. The molecule has 0 N–H and O–H groups in total. The molecule has 0 atom stereocenters. The molecule has 0 saturated heterocycles. The van der Waals surface area contributed by atoms with E-state index in [2.05, 4.69) is 25.9 Å². The molecule has 0 aliphatic rings. The van der Waals surface area contributed by atoms with Gasteiger partial charge in [-0.25, -0.2) is 8.42 Å². The van der Waals surface area contributed by atoms with Crippen LogP contribution in [0.2, 0.25) is 0 Å². The first-order valence-corrected chi connectivity index (χ1v) is 8.93. The predicted octanol–water partition coefficient (Wildman–Crippen LogP) is 2.78. The van der Waals surface area contributed by atoms with Crippen LogP contribution in [0.15, 0.2) is 30.6 Å². The number of rotatable bonds is 3. The van der Waals surface area contributed by atoms with E-state index in [1.165, 1.54) is 10.6 Å². The second-order valence-electron chi connectivity index (χ2n) is 6.58. The average molecular weight is 321 g/mol. The van der Waals surface area contributed by atoms with Crippen molar-refractivity contribution >= 4 is 15.7 Å². The molecule has 2 rings (SSSR count). The number of aromatic nitrogens is 2. The number of anilines is 1. The normalized spacial score (nSPS) is 12.5. The van der Waals surface area contributed by atoms with Gasteiger partial charge >= 0.3 is 0 Å². The van der Waals surface area contributed by atoms with Crippen molar-refractivity contribution in [3.8, 4) is 11.1 Å². The maximum Gasteiger partial charge on any atom is 0.232 e. The largest absolute Gasteiger partial charge is 0.275 e. The van der Waals surface area contributed by atoms with Crippen LogP contribution >= 0.6 is 0 Å². The Morgan fingerprint density at radius 3 is 2.32 bits per heavy atom. The van der Waals surface area contributed by atoms with Crippen molar-refractivity contribution < 1.29 is 8.42 Å². The van der Waals surface area contributed by atoms with E-state index < -0.39 is 10.0 Å². The zero-order chi connectivity index (χ0) is 16.7. The molecule has 0 bridgehead atoms. The first kappa shape index (κ1) is 16.5. The van der Waals surface area contributed by atoms with Crippen molar-refractivity contribution in [3.05, 3.63) is 36.2 Å². The zero-order valence-electron chi connectivity index (χ0n) is 14.0. The van der Waals surface area contributed by atoms with Crippen molar-refractivity contribution in [1.29, 1.82) is 0 Å². The minimum atomic E-state index is -3.36. The number of sulfonamides is 1. The van der Waals surface area contributed by atoms with E-state index in [1.54, 1.807) is 17.9 Å². The van der Waals surface area contributed by atoms with Crippen LogP contribution in [0.5, 0.6) is 0 Å². The number of aryl methyl sites for hydroxylation is 1. The van der Waals surface area contributed by atoms with Gasteiger partial charge in [0.1, 0.15) is 0 Å². The number of para-hydroxylation sites is 1. The minimum Gasteiger partial charge on any atom is -0.275 e. The predicted molar refractivity (Wildman–Crippen MR) is 90.6 cm³/mol. The molecule has 0 saturated carbocycles. The molecule has 1 aromatic heterocycles. The highest BCUT2D eigenvalue weighted by molar-refractivity contribution is 7.92. The van der Waals surface area contributed by atoms with Crippen LogP contribution in [0.4, 0.5) is 5.69 Å². The van der Waals surface area contributed by atoms with Gasteiger partial charge in [-0.05, 0) is 11.0 Å². The van der Waals surface area contributed by atoms with Gasteiger partial charge < -0.3 is 0 Å². The molecular weight excluding hydrogens is 298 g/mol. The lowest BCUT2D eigenvalue weighted by Gasteiger charge is -2.29. The summed E-state index contributed by atoms with van der Waals surface area (Å²) in [5, 5.41) is 4.20. The Hall–Kier alpha value is -1.82. The Morgan fingerprint density at radius 1 is 1.23 bits per heavy atom. The fourth-order valence-corrected chi connectivity index (χ4v) is 2.98. The lowest BCUT2D eigenvalue weighted by atomic mass is 9.84. The summed E-state index contributed by atoms with van der Waals surface area (Å²) >= 11 is 0. The standard InChI is InChI=1S/C16H23N3O2S/c1-16(2,3)14-9-7-8-13(12-10-17-18(4)11-12)15(14)19(5)22(6,20)21/h7-11H,1-6H3. The van der Waals surface area contributed by atoms with Gasteiger partial charge in [0.15, 0.2) is 0 Å². The van der Waals surface area contributed by atoms with Crippen LogP contribution in [0.25, 0.3) is 11.1 Å². The lowest BCUT2D eigenvalue weighted by molar-refractivity contribution is 0.586. The van der Waals surface area contributed by atoms with Crippen LogP contribution < -0.4 is 4.31 Å². The molecule has 0 spiro atoms. The van der Waals surface area contributed by atoms with Gasteiger partial charge in [-0.1, -0.05) is 39.0 Å². The maximum atomic E-state index is 12.1. The number of hydrogen-bond donors (Lipinski definition) is 0. The summed E-state index contributed by atoms with van der Waals surface area (Å²) in [6, 6.07) is 5.88. The molecule has 1 heterocycles. The zero-order valence-corrected chi connectivity index (χ0v) is 14.8. The van der Waals surface area contributed by atoms with Gasteiger partial charge in [-0.2, -0.15) is 5.10 Å². The van der Waals surface area contributed by atoms with E-state index in [9.17, 15) is 8.42 Å². The van der Waals surface area contributed by atoms with Gasteiger partial charge in [0.25, 0.3) is 0 Å². The third kappa shape index (κ3) is 3.16. The number of hydrogen-bond acceptors (Lipinski definition) is 3. The van der Waals surface area contributed by atoms with E-state index in [0.29, 0.717) is 5.69 Å². The van der Waals surface area contributed by atoms with Crippen LogP contribution in [0.3, 0.4) is 0 Å². The molecule has 120 valence electrons. The van der Waals surface area contributed by atoms with Gasteiger partial charge in [0, 0.05) is 31.4 Å². The Labute approximate surface area is 132 Å². The van der Waals surface area contributed by atoms with Crippen LogP contribution in [0.1, 0.15) is 26.3 Å². The van der Waals surface area contributed by atoms with Crippen molar-refractivity contribution in [2.24, 2.45) is 7.05 Å². The summed E-state index contributed by atoms with van der Waals surface area (Å²) in [7, 11) is 0.0851. The molecule has 0 aliphatic carbocycles. The Kier molecular flexibility index (Phi) is 4.08. The summed E-state index contributed by atoms with van der Waals surface area (Å²) in [6.45, 7) is 6.24. The van der Waals surface area contributed by atoms with Crippen LogP contribution in [0, 0.1) is 0 Å². The molecule has 0 amide bonds. The topological polar surface area (TPSA) is 55.2 Å². The second kappa shape index (κ2) is 5.43. The summed E-state index contributed by atoms with van der Waals surface area (Å²) in [5.74, 6) is 0. The van der Waals surface area contributed by atoms with Gasteiger partial charge in [-0.3, -0.25) is 8.99 Å². The van der Waals surface area contributed by atoms with E-state index in [1.807, 2.05) is 31.4 Å². The van der Waals surface area contributed by atoms with Crippen LogP contribution in [-0.4, -0.2) is 31.5 Å². The minimum absolute atomic E-state index is 0.174.